The first-order valence-corrected chi connectivity index (χ1v) is 21.7. The molecule has 5 heteroatoms. The molecule has 0 aliphatic heterocycles. The summed E-state index contributed by atoms with van der Waals surface area (Å²) in [4.78, 5) is 0. The molecule has 6 rings (SSSR count). The predicted octanol–water partition coefficient (Wildman–Crippen LogP) is 8.27. The topological polar surface area (TPSA) is 0 Å². The summed E-state index contributed by atoms with van der Waals surface area (Å²) in [6.45, 7) is 0. The zero-order valence-electron chi connectivity index (χ0n) is 22.3. The Hall–Kier alpha value is -2.59. The molecule has 6 aromatic carbocycles. The summed E-state index contributed by atoms with van der Waals surface area (Å²) in [7, 11) is 8.89. The average Bonchev–Trinajstić information content (AvgIpc) is 3.05. The molecule has 0 saturated carbocycles. The van der Waals surface area contributed by atoms with Gasteiger partial charge in [-0.25, -0.2) is 0 Å². The number of hydrogen-bond donors (Lipinski definition) is 0. The van der Waals surface area contributed by atoms with Crippen LogP contribution in [-0.4, -0.2) is 0 Å². The largest absolute Gasteiger partial charge is 0.0622 e. The van der Waals surface area contributed by atoms with Crippen molar-refractivity contribution in [3.63, 3.8) is 0 Å². The van der Waals surface area contributed by atoms with Crippen molar-refractivity contribution in [2.45, 2.75) is 0 Å². The molecule has 0 spiro atoms. The van der Waals surface area contributed by atoms with Crippen molar-refractivity contribution in [3.05, 3.63) is 182 Å². The van der Waals surface area contributed by atoms with Crippen molar-refractivity contribution in [2.75, 3.05) is 0 Å². The molecule has 0 saturated heterocycles. The third-order valence-corrected chi connectivity index (χ3v) is 11.0. The van der Waals surface area contributed by atoms with Crippen LogP contribution in [0.1, 0.15) is 0 Å². The predicted molar refractivity (Wildman–Crippen MR) is 182 cm³/mol. The quantitative estimate of drug-likeness (QED) is 0.149. The number of halogens is 2. The normalized spacial score (nSPS) is 10.3. The fraction of sp³-hybridized carbons (Fsp3) is 0. The average molecular weight is 788 g/mol. The molecular weight excluding hydrogens is 757 g/mol. The Balaban J connectivity index is 0.000000173. The third-order valence-electron chi connectivity index (χ3n) is 6.09. The van der Waals surface area contributed by atoms with Crippen LogP contribution in [0.3, 0.4) is 0 Å². The van der Waals surface area contributed by atoms with Gasteiger partial charge in [-0.15, -0.1) is 0 Å². The summed E-state index contributed by atoms with van der Waals surface area (Å²) in [6, 6.07) is 64.7. The van der Waals surface area contributed by atoms with Gasteiger partial charge in [0.1, 0.15) is 0 Å². The first-order chi connectivity index (χ1) is 20.3. The molecule has 0 aliphatic rings. The molecule has 0 radical (unpaired) electrons. The molecule has 0 nitrogen and oxygen atoms in total. The molecule has 0 bridgehead atoms. The Bertz CT molecular complexity index is 1200. The van der Waals surface area contributed by atoms with Gasteiger partial charge in [-0.1, -0.05) is 182 Å². The molecule has 0 aromatic heterocycles. The minimum absolute atomic E-state index is 0.446. The second-order valence-electron chi connectivity index (χ2n) is 8.73. The summed E-state index contributed by atoms with van der Waals surface area (Å²) in [6.07, 6.45) is 0. The van der Waals surface area contributed by atoms with E-state index in [-0.39, 0.29) is 0 Å². The molecule has 0 atom stereocenters. The summed E-state index contributed by atoms with van der Waals surface area (Å²) in [5, 5.41) is 8.39. The number of hydrogen-bond acceptors (Lipinski definition) is 0. The van der Waals surface area contributed by atoms with Gasteiger partial charge in [0.15, 0.2) is 0 Å². The van der Waals surface area contributed by atoms with Gasteiger partial charge in [0.25, 0.3) is 0 Å². The van der Waals surface area contributed by atoms with Crippen LogP contribution < -0.4 is 31.8 Å². The van der Waals surface area contributed by atoms with Gasteiger partial charge in [-0.05, 0) is 47.7 Å². The van der Waals surface area contributed by atoms with Crippen molar-refractivity contribution < 1.29 is 15.7 Å². The van der Waals surface area contributed by atoms with Gasteiger partial charge < -0.3 is 0 Å². The smallest absolute Gasteiger partial charge is 0.0134 e. The van der Waals surface area contributed by atoms with Crippen LogP contribution >= 0.6 is 35.0 Å². The van der Waals surface area contributed by atoms with Gasteiger partial charge in [0.05, 0.1) is 0 Å². The van der Waals surface area contributed by atoms with Gasteiger partial charge in [0.2, 0.25) is 0 Å². The standard InChI is InChI=1S/2C18H15P.2ClH.Ir/c2*1-4-10-16(11-5-1)19(17-12-6-2-7-13-17)18-14-8-3-9-15-18;;;/h2*1-15H;2*1H;/q;;;;+2/p-2. The van der Waals surface area contributed by atoms with Crippen molar-refractivity contribution in [2.24, 2.45) is 0 Å². The van der Waals surface area contributed by atoms with E-state index in [1.807, 2.05) is 0 Å². The number of benzene rings is 6. The Labute approximate surface area is 262 Å². The van der Waals surface area contributed by atoms with E-state index < -0.39 is 31.5 Å². The van der Waals surface area contributed by atoms with Crippen LogP contribution in [0.15, 0.2) is 182 Å². The Kier molecular flexibility index (Phi) is 13.8. The van der Waals surface area contributed by atoms with E-state index in [0.29, 0.717) is 0 Å². The molecule has 0 unspecified atom stereocenters. The summed E-state index contributed by atoms with van der Waals surface area (Å²) < 4.78 is 0. The van der Waals surface area contributed by atoms with Crippen molar-refractivity contribution >= 4 is 66.8 Å². The van der Waals surface area contributed by atoms with E-state index in [2.05, 4.69) is 182 Å². The second-order valence-corrected chi connectivity index (χ2v) is 16.6. The minimum Gasteiger partial charge on any atom is -0.0622 e. The maximum Gasteiger partial charge on any atom is -0.0134 e. The molecule has 0 aliphatic carbocycles. The Morgan fingerprint density at radius 2 is 0.390 bits per heavy atom. The van der Waals surface area contributed by atoms with E-state index >= 15 is 0 Å². The maximum absolute atomic E-state index is 4.89. The van der Waals surface area contributed by atoms with Gasteiger partial charge >= 0.3 is 34.8 Å². The van der Waals surface area contributed by atoms with Gasteiger partial charge in [0, 0.05) is 0 Å². The van der Waals surface area contributed by atoms with Gasteiger partial charge in [-0.2, -0.15) is 0 Å². The minimum atomic E-state index is -0.556. The second kappa shape index (κ2) is 18.1. The van der Waals surface area contributed by atoms with E-state index in [9.17, 15) is 0 Å². The number of rotatable bonds is 6. The molecule has 41 heavy (non-hydrogen) atoms. The summed E-state index contributed by atoms with van der Waals surface area (Å²) >= 11 is -0.556. The van der Waals surface area contributed by atoms with E-state index in [1.165, 1.54) is 31.8 Å². The van der Waals surface area contributed by atoms with Crippen LogP contribution in [0.2, 0.25) is 0 Å². The van der Waals surface area contributed by atoms with Crippen LogP contribution in [-0.2, 0) is 15.7 Å². The van der Waals surface area contributed by atoms with Crippen LogP contribution in [0.5, 0.6) is 0 Å². The Morgan fingerprint density at radius 1 is 0.268 bits per heavy atom. The summed E-state index contributed by atoms with van der Waals surface area (Å²) in [5.41, 5.74) is 0. The fourth-order valence-electron chi connectivity index (χ4n) is 4.36. The zero-order valence-corrected chi connectivity index (χ0v) is 28.0. The van der Waals surface area contributed by atoms with E-state index in [0.717, 1.165) is 0 Å². The molecule has 207 valence electrons. The molecule has 0 N–H and O–H groups in total. The van der Waals surface area contributed by atoms with Crippen molar-refractivity contribution in [1.82, 2.24) is 0 Å². The van der Waals surface area contributed by atoms with Crippen LogP contribution in [0.4, 0.5) is 0 Å². The molecular formula is C36H30Cl2IrP2. The molecule has 0 fully saturated rings. The first kappa shape index (κ1) is 31.3. The van der Waals surface area contributed by atoms with E-state index in [1.54, 1.807) is 0 Å². The Morgan fingerprint density at radius 3 is 0.512 bits per heavy atom. The SMILES string of the molecule is [Cl][Ir][Cl].c1ccc(P(c2ccccc2)c2ccccc2)cc1.c1ccc(P(c2ccccc2)c2ccccc2)cc1. The monoisotopic (exact) mass is 787 g/mol. The maximum atomic E-state index is 4.89. The third kappa shape index (κ3) is 9.74. The van der Waals surface area contributed by atoms with Crippen LogP contribution in [0, 0.1) is 0 Å². The summed E-state index contributed by atoms with van der Waals surface area (Å²) in [5.74, 6) is 0. The first-order valence-electron chi connectivity index (χ1n) is 13.1. The van der Waals surface area contributed by atoms with Crippen molar-refractivity contribution in [3.8, 4) is 0 Å². The molecule has 0 amide bonds. The van der Waals surface area contributed by atoms with Gasteiger partial charge in [-0.3, -0.25) is 0 Å². The fourth-order valence-corrected chi connectivity index (χ4v) is 8.97. The van der Waals surface area contributed by atoms with E-state index in [4.69, 9.17) is 19.2 Å². The van der Waals surface area contributed by atoms with Crippen LogP contribution in [0.25, 0.3) is 0 Å². The molecule has 0 heterocycles. The zero-order chi connectivity index (χ0) is 28.5. The molecule has 6 aromatic rings. The van der Waals surface area contributed by atoms with Crippen molar-refractivity contribution in [1.29, 1.82) is 0 Å².